The summed E-state index contributed by atoms with van der Waals surface area (Å²) in [5, 5.41) is 0. The van der Waals surface area contributed by atoms with Crippen molar-refractivity contribution in [3.63, 3.8) is 0 Å². The molecule has 0 atom stereocenters. The molecule has 1 aliphatic heterocycles. The van der Waals surface area contributed by atoms with Crippen molar-refractivity contribution in [2.24, 2.45) is 5.92 Å². The Morgan fingerprint density at radius 3 is 1.58 bits per heavy atom. The van der Waals surface area contributed by atoms with Gasteiger partial charge in [-0.05, 0) is 43.7 Å². The summed E-state index contributed by atoms with van der Waals surface area (Å²) in [7, 11) is 6.59. The van der Waals surface area contributed by atoms with E-state index in [0.717, 1.165) is 56.4 Å². The molecule has 2 aromatic rings. The van der Waals surface area contributed by atoms with Crippen LogP contribution in [0, 0.1) is 5.92 Å². The highest BCUT2D eigenvalue weighted by Gasteiger charge is 2.35. The van der Waals surface area contributed by atoms with Gasteiger partial charge in [-0.1, -0.05) is 44.2 Å². The number of hydrogen-bond acceptors (Lipinski definition) is 6. The highest BCUT2D eigenvalue weighted by Crippen LogP contribution is 2.53. The van der Waals surface area contributed by atoms with Gasteiger partial charge in [0.2, 0.25) is 11.5 Å². The molecule has 2 aromatic carbocycles. The molecule has 7 nitrogen and oxygen atoms in total. The van der Waals surface area contributed by atoms with Crippen LogP contribution < -0.4 is 18.9 Å². The second-order valence-corrected chi connectivity index (χ2v) is 9.58. The van der Waals surface area contributed by atoms with Gasteiger partial charge in [0.25, 0.3) is 11.8 Å². The third kappa shape index (κ3) is 4.88. The molecule has 194 valence electrons. The number of amides is 2. The minimum Gasteiger partial charge on any atom is -0.492 e. The van der Waals surface area contributed by atoms with Crippen molar-refractivity contribution in [1.82, 2.24) is 4.90 Å². The fourth-order valence-electron chi connectivity index (χ4n) is 5.69. The summed E-state index contributed by atoms with van der Waals surface area (Å²) in [5.74, 6) is 2.94. The number of rotatable bonds is 13. The summed E-state index contributed by atoms with van der Waals surface area (Å²) in [6.07, 6.45) is 9.57. The third-order valence-electron chi connectivity index (χ3n) is 7.46. The fraction of sp³-hybridized carbons (Fsp3) is 0.517. The van der Waals surface area contributed by atoms with E-state index >= 15 is 0 Å². The number of ether oxygens (including phenoxy) is 4. The first-order chi connectivity index (χ1) is 17.5. The number of carbonyl (C=O) groups is 2. The fourth-order valence-corrected chi connectivity index (χ4v) is 5.69. The van der Waals surface area contributed by atoms with Crippen LogP contribution in [-0.2, 0) is 12.8 Å². The average Bonchev–Trinajstić information content (AvgIpc) is 3.43. The van der Waals surface area contributed by atoms with Gasteiger partial charge in [-0.25, -0.2) is 0 Å². The average molecular weight is 496 g/mol. The molecule has 1 aliphatic carbocycles. The van der Waals surface area contributed by atoms with E-state index in [1.807, 2.05) is 0 Å². The lowest BCUT2D eigenvalue weighted by Crippen LogP contribution is -2.30. The molecule has 1 heterocycles. The van der Waals surface area contributed by atoms with Gasteiger partial charge in [0.1, 0.15) is 0 Å². The maximum atomic E-state index is 12.4. The molecule has 0 fully saturated rings. The second-order valence-electron chi connectivity index (χ2n) is 9.58. The number of fused-ring (bicyclic) bond motifs is 2. The molecule has 0 N–H and O–H groups in total. The van der Waals surface area contributed by atoms with Crippen molar-refractivity contribution in [2.45, 2.75) is 57.8 Å². The van der Waals surface area contributed by atoms with Crippen molar-refractivity contribution in [3.8, 4) is 23.0 Å². The maximum absolute atomic E-state index is 12.4. The molecule has 0 spiro atoms. The lowest BCUT2D eigenvalue weighted by atomic mass is 9.97. The number of hydrogen-bond donors (Lipinski definition) is 0. The lowest BCUT2D eigenvalue weighted by molar-refractivity contribution is 0.0651. The molecule has 0 aromatic heterocycles. The molecule has 0 unspecified atom stereocenters. The number of imide groups is 1. The summed E-state index contributed by atoms with van der Waals surface area (Å²) in [4.78, 5) is 26.3. The Morgan fingerprint density at radius 1 is 0.667 bits per heavy atom. The highest BCUT2D eigenvalue weighted by atomic mass is 16.5. The minimum absolute atomic E-state index is 0.156. The van der Waals surface area contributed by atoms with Crippen LogP contribution in [0.25, 0.3) is 0 Å². The van der Waals surface area contributed by atoms with Gasteiger partial charge in [0, 0.05) is 17.7 Å². The molecule has 0 radical (unpaired) electrons. The Balaban J connectivity index is 1.19. The molecular weight excluding hydrogens is 458 g/mol. The second kappa shape index (κ2) is 11.7. The largest absolute Gasteiger partial charge is 0.492 e. The number of unbranched alkanes of at least 4 members (excludes halogenated alkanes) is 5. The Hall–Kier alpha value is -3.22. The van der Waals surface area contributed by atoms with E-state index in [1.165, 1.54) is 28.9 Å². The lowest BCUT2D eigenvalue weighted by Gasteiger charge is -2.19. The van der Waals surface area contributed by atoms with Gasteiger partial charge in [0.15, 0.2) is 11.5 Å². The first-order valence-corrected chi connectivity index (χ1v) is 12.9. The van der Waals surface area contributed by atoms with E-state index in [9.17, 15) is 9.59 Å². The highest BCUT2D eigenvalue weighted by molar-refractivity contribution is 6.21. The molecular formula is C29H37NO6. The zero-order valence-electron chi connectivity index (χ0n) is 21.9. The van der Waals surface area contributed by atoms with Crippen molar-refractivity contribution in [3.05, 3.63) is 46.5 Å². The van der Waals surface area contributed by atoms with Crippen LogP contribution in [-0.4, -0.2) is 51.7 Å². The summed E-state index contributed by atoms with van der Waals surface area (Å²) in [6, 6.07) is 7.08. The minimum atomic E-state index is -0.156. The number of methoxy groups -OCH3 is 4. The van der Waals surface area contributed by atoms with E-state index in [-0.39, 0.29) is 11.8 Å². The van der Waals surface area contributed by atoms with Crippen LogP contribution in [0.1, 0.15) is 76.8 Å². The van der Waals surface area contributed by atoms with E-state index in [0.29, 0.717) is 35.1 Å². The Labute approximate surface area is 213 Å². The molecule has 0 saturated heterocycles. The number of carbonyl (C=O) groups excluding carboxylic acids is 2. The molecule has 2 aliphatic rings. The SMILES string of the molecule is COc1c2c(c(OC)c(OC)c1OC)CC(CCCCCCCCN1C(=O)c3ccccc3C1=O)C2. The van der Waals surface area contributed by atoms with Crippen LogP contribution in [0.3, 0.4) is 0 Å². The summed E-state index contributed by atoms with van der Waals surface area (Å²) in [6.45, 7) is 0.503. The van der Waals surface area contributed by atoms with Gasteiger partial charge in [-0.15, -0.1) is 0 Å². The summed E-state index contributed by atoms with van der Waals surface area (Å²) in [5.41, 5.74) is 3.41. The summed E-state index contributed by atoms with van der Waals surface area (Å²) >= 11 is 0. The molecule has 36 heavy (non-hydrogen) atoms. The van der Waals surface area contributed by atoms with Crippen molar-refractivity contribution >= 4 is 11.8 Å². The monoisotopic (exact) mass is 495 g/mol. The molecule has 2 amide bonds. The van der Waals surface area contributed by atoms with Crippen molar-refractivity contribution < 1.29 is 28.5 Å². The quantitative estimate of drug-likeness (QED) is 0.271. The van der Waals surface area contributed by atoms with Crippen LogP contribution in [0.15, 0.2) is 24.3 Å². The van der Waals surface area contributed by atoms with E-state index < -0.39 is 0 Å². The van der Waals surface area contributed by atoms with Crippen molar-refractivity contribution in [1.29, 1.82) is 0 Å². The molecule has 4 rings (SSSR count). The van der Waals surface area contributed by atoms with Crippen LogP contribution >= 0.6 is 0 Å². The van der Waals surface area contributed by atoms with Gasteiger partial charge in [0.05, 0.1) is 39.6 Å². The predicted octanol–water partition coefficient (Wildman–Crippen LogP) is 5.46. The molecule has 7 heteroatoms. The Morgan fingerprint density at radius 2 is 1.11 bits per heavy atom. The number of benzene rings is 2. The van der Waals surface area contributed by atoms with Gasteiger partial charge >= 0.3 is 0 Å². The molecule has 0 bridgehead atoms. The number of nitrogens with zero attached hydrogens (tertiary/aromatic N) is 1. The topological polar surface area (TPSA) is 74.3 Å². The van der Waals surface area contributed by atoms with Crippen LogP contribution in [0.5, 0.6) is 23.0 Å². The van der Waals surface area contributed by atoms with Gasteiger partial charge in [-0.2, -0.15) is 0 Å². The first kappa shape index (κ1) is 25.9. The zero-order valence-corrected chi connectivity index (χ0v) is 21.9. The summed E-state index contributed by atoms with van der Waals surface area (Å²) < 4.78 is 22.6. The Bertz CT molecular complexity index is 1040. The van der Waals surface area contributed by atoms with E-state index in [4.69, 9.17) is 18.9 Å². The zero-order chi connectivity index (χ0) is 25.7. The molecule has 0 saturated carbocycles. The van der Waals surface area contributed by atoms with Gasteiger partial charge < -0.3 is 18.9 Å². The van der Waals surface area contributed by atoms with E-state index in [1.54, 1.807) is 52.7 Å². The van der Waals surface area contributed by atoms with Crippen molar-refractivity contribution in [2.75, 3.05) is 35.0 Å². The van der Waals surface area contributed by atoms with Gasteiger partial charge in [-0.3, -0.25) is 14.5 Å². The van der Waals surface area contributed by atoms with E-state index in [2.05, 4.69) is 0 Å². The first-order valence-electron chi connectivity index (χ1n) is 12.9. The van der Waals surface area contributed by atoms with Crippen LogP contribution in [0.4, 0.5) is 0 Å². The third-order valence-corrected chi connectivity index (χ3v) is 7.46. The van der Waals surface area contributed by atoms with Crippen LogP contribution in [0.2, 0.25) is 0 Å². The Kier molecular flexibility index (Phi) is 8.39. The maximum Gasteiger partial charge on any atom is 0.261 e. The predicted molar refractivity (Wildman–Crippen MR) is 138 cm³/mol. The normalized spacial score (nSPS) is 14.7. The smallest absolute Gasteiger partial charge is 0.261 e. The standard InChI is InChI=1S/C29H37NO6/c1-33-24-22-17-19(18-23(22)25(34-2)27(36-4)26(24)35-3)13-9-7-5-6-8-12-16-30-28(31)20-14-10-11-15-21(20)29(30)32/h10-11,14-15,19H,5-9,12-13,16-18H2,1-4H3.